The molecular weight excluding hydrogens is 156 g/mol. The molecule has 0 fully saturated rings. The van der Waals surface area contributed by atoms with Gasteiger partial charge in [-0.3, -0.25) is 0 Å². The average Bonchev–Trinajstić information content (AvgIpc) is 1.97. The van der Waals surface area contributed by atoms with Crippen LogP contribution in [0.3, 0.4) is 0 Å². The zero-order valence-electron chi connectivity index (χ0n) is 6.79. The van der Waals surface area contributed by atoms with Crippen LogP contribution in [0.2, 0.25) is 0 Å². The van der Waals surface area contributed by atoms with Gasteiger partial charge in [0.1, 0.15) is 11.7 Å². The maximum atomic E-state index is 5.33. The molecule has 0 amide bonds. The van der Waals surface area contributed by atoms with Crippen LogP contribution in [0.15, 0.2) is 18.2 Å². The summed E-state index contributed by atoms with van der Waals surface area (Å²) in [7, 11) is 0. The average molecular weight is 168 g/mol. The van der Waals surface area contributed by atoms with E-state index in [4.69, 9.17) is 4.74 Å². The van der Waals surface area contributed by atoms with E-state index in [1.807, 2.05) is 32.0 Å². The van der Waals surface area contributed by atoms with Gasteiger partial charge in [0.05, 0.1) is 0 Å². The van der Waals surface area contributed by atoms with E-state index in [9.17, 15) is 0 Å². The molecule has 60 valence electrons. The molecule has 2 heteroatoms. The van der Waals surface area contributed by atoms with E-state index in [0.29, 0.717) is 5.94 Å². The van der Waals surface area contributed by atoms with Gasteiger partial charge >= 0.3 is 0 Å². The summed E-state index contributed by atoms with van der Waals surface area (Å²) in [5, 5.41) is 0. The zero-order valence-corrected chi connectivity index (χ0v) is 7.69. The van der Waals surface area contributed by atoms with E-state index in [2.05, 4.69) is 12.6 Å². The van der Waals surface area contributed by atoms with Gasteiger partial charge in [-0.25, -0.2) is 0 Å². The van der Waals surface area contributed by atoms with Crippen molar-refractivity contribution in [2.75, 3.05) is 5.94 Å². The van der Waals surface area contributed by atoms with Crippen molar-refractivity contribution >= 4 is 12.6 Å². The summed E-state index contributed by atoms with van der Waals surface area (Å²) in [4.78, 5) is 0. The minimum atomic E-state index is 0.436. The lowest BCUT2D eigenvalue weighted by molar-refractivity contribution is 0.389. The Morgan fingerprint density at radius 3 is 2.27 bits per heavy atom. The first kappa shape index (κ1) is 8.47. The minimum absolute atomic E-state index is 0.436. The molecule has 0 aliphatic rings. The molecule has 0 aromatic heterocycles. The van der Waals surface area contributed by atoms with Crippen molar-refractivity contribution in [3.8, 4) is 5.75 Å². The topological polar surface area (TPSA) is 9.23 Å². The Bertz CT molecular complexity index is 225. The van der Waals surface area contributed by atoms with Crippen molar-refractivity contribution in [2.45, 2.75) is 13.8 Å². The quantitative estimate of drug-likeness (QED) is 0.527. The highest BCUT2D eigenvalue weighted by Crippen LogP contribution is 2.22. The molecule has 0 unspecified atom stereocenters. The fraction of sp³-hybridized carbons (Fsp3) is 0.333. The van der Waals surface area contributed by atoms with Gasteiger partial charge in [-0.15, -0.1) is 12.6 Å². The van der Waals surface area contributed by atoms with Gasteiger partial charge in [-0.2, -0.15) is 0 Å². The second-order valence-electron chi connectivity index (χ2n) is 2.49. The summed E-state index contributed by atoms with van der Waals surface area (Å²) in [6, 6.07) is 6.09. The van der Waals surface area contributed by atoms with Crippen LogP contribution >= 0.6 is 12.6 Å². The fourth-order valence-electron chi connectivity index (χ4n) is 1.09. The van der Waals surface area contributed by atoms with Gasteiger partial charge in [0, 0.05) is 0 Å². The molecule has 0 bridgehead atoms. The first-order valence-electron chi connectivity index (χ1n) is 3.55. The maximum absolute atomic E-state index is 5.33. The Kier molecular flexibility index (Phi) is 2.83. The van der Waals surface area contributed by atoms with Crippen molar-refractivity contribution in [3.05, 3.63) is 29.3 Å². The molecule has 0 spiro atoms. The molecule has 0 saturated carbocycles. The lowest BCUT2D eigenvalue weighted by Gasteiger charge is -2.08. The Morgan fingerprint density at radius 1 is 1.27 bits per heavy atom. The molecule has 0 saturated heterocycles. The third kappa shape index (κ3) is 1.90. The molecular formula is C9H12OS. The molecule has 0 radical (unpaired) electrons. The van der Waals surface area contributed by atoms with Crippen LogP contribution in [0.1, 0.15) is 11.1 Å². The van der Waals surface area contributed by atoms with Gasteiger partial charge < -0.3 is 4.74 Å². The van der Waals surface area contributed by atoms with E-state index >= 15 is 0 Å². The second-order valence-corrected chi connectivity index (χ2v) is 2.75. The van der Waals surface area contributed by atoms with Crippen molar-refractivity contribution in [1.82, 2.24) is 0 Å². The van der Waals surface area contributed by atoms with Crippen molar-refractivity contribution in [2.24, 2.45) is 0 Å². The van der Waals surface area contributed by atoms with Gasteiger partial charge in [-0.05, 0) is 25.0 Å². The molecule has 0 aliphatic carbocycles. The molecule has 1 aromatic carbocycles. The van der Waals surface area contributed by atoms with Crippen molar-refractivity contribution < 1.29 is 4.74 Å². The first-order chi connectivity index (χ1) is 5.25. The molecule has 0 atom stereocenters. The number of para-hydroxylation sites is 1. The van der Waals surface area contributed by atoms with E-state index in [1.165, 1.54) is 11.1 Å². The predicted molar refractivity (Wildman–Crippen MR) is 50.4 cm³/mol. The summed E-state index contributed by atoms with van der Waals surface area (Å²) in [6.45, 7) is 4.07. The number of hydrogen-bond acceptors (Lipinski definition) is 2. The van der Waals surface area contributed by atoms with Crippen LogP contribution in [-0.4, -0.2) is 5.94 Å². The normalized spacial score (nSPS) is 9.73. The van der Waals surface area contributed by atoms with E-state index < -0.39 is 0 Å². The number of hydrogen-bond donors (Lipinski definition) is 1. The molecule has 0 N–H and O–H groups in total. The molecule has 11 heavy (non-hydrogen) atoms. The van der Waals surface area contributed by atoms with Crippen LogP contribution in [0.4, 0.5) is 0 Å². The van der Waals surface area contributed by atoms with Crippen molar-refractivity contribution in [1.29, 1.82) is 0 Å². The van der Waals surface area contributed by atoms with Gasteiger partial charge in [-0.1, -0.05) is 18.2 Å². The summed E-state index contributed by atoms with van der Waals surface area (Å²) < 4.78 is 5.33. The van der Waals surface area contributed by atoms with E-state index in [0.717, 1.165) is 5.75 Å². The predicted octanol–water partition coefficient (Wildman–Crippen LogP) is 2.57. The van der Waals surface area contributed by atoms with Crippen LogP contribution in [0.5, 0.6) is 5.75 Å². The Morgan fingerprint density at radius 2 is 1.82 bits per heavy atom. The van der Waals surface area contributed by atoms with Crippen molar-refractivity contribution in [3.63, 3.8) is 0 Å². The third-order valence-electron chi connectivity index (χ3n) is 1.62. The maximum Gasteiger partial charge on any atom is 0.131 e. The highest BCUT2D eigenvalue weighted by atomic mass is 32.1. The minimum Gasteiger partial charge on any atom is -0.483 e. The second kappa shape index (κ2) is 3.67. The highest BCUT2D eigenvalue weighted by molar-refractivity contribution is 7.80. The van der Waals surface area contributed by atoms with Crippen LogP contribution in [0.25, 0.3) is 0 Å². The SMILES string of the molecule is Cc1cccc(C)c1OCS. The Hall–Kier alpha value is -0.630. The standard InChI is InChI=1S/C9H12OS/c1-7-4-3-5-8(2)9(7)10-6-11/h3-5,11H,6H2,1-2H3. The van der Waals surface area contributed by atoms with Crippen LogP contribution < -0.4 is 4.74 Å². The smallest absolute Gasteiger partial charge is 0.131 e. The van der Waals surface area contributed by atoms with Crippen LogP contribution in [0, 0.1) is 13.8 Å². The molecule has 1 rings (SSSR count). The zero-order chi connectivity index (χ0) is 8.27. The summed E-state index contributed by atoms with van der Waals surface area (Å²) >= 11 is 4.00. The summed E-state index contributed by atoms with van der Waals surface area (Å²) in [5.74, 6) is 1.40. The number of rotatable bonds is 2. The lowest BCUT2D eigenvalue weighted by Crippen LogP contribution is -1.94. The Labute approximate surface area is 72.8 Å². The molecule has 0 heterocycles. The summed E-state index contributed by atoms with van der Waals surface area (Å²) in [5.41, 5.74) is 2.33. The lowest BCUT2D eigenvalue weighted by atomic mass is 10.1. The largest absolute Gasteiger partial charge is 0.483 e. The van der Waals surface area contributed by atoms with Crippen LogP contribution in [-0.2, 0) is 0 Å². The molecule has 1 aromatic rings. The third-order valence-corrected chi connectivity index (χ3v) is 1.75. The summed E-state index contributed by atoms with van der Waals surface area (Å²) in [6.07, 6.45) is 0. The number of aryl methyl sites for hydroxylation is 2. The fourth-order valence-corrected chi connectivity index (χ4v) is 1.22. The van der Waals surface area contributed by atoms with Gasteiger partial charge in [0.2, 0.25) is 0 Å². The highest BCUT2D eigenvalue weighted by Gasteiger charge is 2.00. The van der Waals surface area contributed by atoms with E-state index in [-0.39, 0.29) is 0 Å². The molecule has 1 nitrogen and oxygen atoms in total. The monoisotopic (exact) mass is 168 g/mol. The van der Waals surface area contributed by atoms with E-state index in [1.54, 1.807) is 0 Å². The first-order valence-corrected chi connectivity index (χ1v) is 4.19. The molecule has 0 aliphatic heterocycles. The Balaban J connectivity index is 3.00. The number of thiol groups is 1. The number of benzene rings is 1. The van der Waals surface area contributed by atoms with Gasteiger partial charge in [0.25, 0.3) is 0 Å². The number of ether oxygens (including phenoxy) is 1. The van der Waals surface area contributed by atoms with Gasteiger partial charge in [0.15, 0.2) is 0 Å².